The first kappa shape index (κ1) is 14.9. The third-order valence-electron chi connectivity index (χ3n) is 5.13. The van der Waals surface area contributed by atoms with Crippen molar-refractivity contribution in [3.8, 4) is 0 Å². The van der Waals surface area contributed by atoms with Crippen LogP contribution in [0.15, 0.2) is 36.4 Å². The van der Waals surface area contributed by atoms with Crippen molar-refractivity contribution in [1.29, 1.82) is 0 Å². The number of fused-ring (bicyclic) bond motifs is 1. The first-order chi connectivity index (χ1) is 10.0. The van der Waals surface area contributed by atoms with Crippen LogP contribution in [0.5, 0.6) is 0 Å². The van der Waals surface area contributed by atoms with Gasteiger partial charge in [0.1, 0.15) is 0 Å². The minimum Gasteiger partial charge on any atom is -0.375 e. The number of halogens is 1. The number of rotatable bonds is 2. The Morgan fingerprint density at radius 3 is 2.24 bits per heavy atom. The molecule has 2 heteroatoms. The van der Waals surface area contributed by atoms with E-state index in [4.69, 9.17) is 16.3 Å². The summed E-state index contributed by atoms with van der Waals surface area (Å²) in [5.74, 6) is 0.829. The predicted molar refractivity (Wildman–Crippen MR) is 89.9 cm³/mol. The number of alkyl halides is 1. The van der Waals surface area contributed by atoms with Gasteiger partial charge in [0, 0.05) is 5.92 Å². The first-order valence-corrected chi connectivity index (χ1v) is 8.22. The maximum Gasteiger partial charge on any atom is 0.0647 e. The zero-order valence-corrected chi connectivity index (χ0v) is 13.9. The number of hydrogen-bond acceptors (Lipinski definition) is 1. The summed E-state index contributed by atoms with van der Waals surface area (Å²) in [4.78, 5) is 0. The topological polar surface area (TPSA) is 9.23 Å². The second kappa shape index (κ2) is 5.62. The summed E-state index contributed by atoms with van der Waals surface area (Å²) >= 11 is 6.92. The lowest BCUT2D eigenvalue weighted by Crippen LogP contribution is -2.22. The monoisotopic (exact) mass is 302 g/mol. The lowest BCUT2D eigenvalue weighted by molar-refractivity contribution is 0.0508. The minimum absolute atomic E-state index is 0.00884. The summed E-state index contributed by atoms with van der Waals surface area (Å²) in [6.07, 6.45) is 0.487. The molecule has 1 saturated heterocycles. The van der Waals surface area contributed by atoms with Gasteiger partial charge in [-0.05, 0) is 48.6 Å². The summed E-state index contributed by atoms with van der Waals surface area (Å²) in [6.45, 7) is 8.71. The molecule has 5 atom stereocenters. The Balaban J connectivity index is 2.06. The smallest absolute Gasteiger partial charge is 0.0647 e. The standard InChI is InChI=1S/C19H23ClO/c1-11-9-10-17(16-8-6-5-7-15(11)16)19(20)18-12(2)13(3)21-14(18)4/h5-10,12-14,18-19H,1-4H3. The normalized spacial score (nSPS) is 30.7. The molecule has 1 heterocycles. The molecule has 0 amide bonds. The lowest BCUT2D eigenvalue weighted by Gasteiger charge is -2.25. The average Bonchev–Trinajstić information content (AvgIpc) is 2.72. The molecular formula is C19H23ClO. The molecule has 21 heavy (non-hydrogen) atoms. The SMILES string of the molecule is Cc1ccc(C(Cl)C2C(C)OC(C)C2C)c2ccccc12. The van der Waals surface area contributed by atoms with Crippen molar-refractivity contribution in [2.45, 2.75) is 45.3 Å². The van der Waals surface area contributed by atoms with Crippen molar-refractivity contribution in [2.75, 3.05) is 0 Å². The van der Waals surface area contributed by atoms with Crippen molar-refractivity contribution in [1.82, 2.24) is 0 Å². The molecular weight excluding hydrogens is 280 g/mol. The van der Waals surface area contributed by atoms with Crippen LogP contribution < -0.4 is 0 Å². The molecule has 0 aliphatic carbocycles. The Hall–Kier alpha value is -1.05. The van der Waals surface area contributed by atoms with Gasteiger partial charge in [-0.1, -0.05) is 43.3 Å². The zero-order valence-electron chi connectivity index (χ0n) is 13.1. The molecule has 0 N–H and O–H groups in total. The van der Waals surface area contributed by atoms with Crippen LogP contribution in [-0.4, -0.2) is 12.2 Å². The molecule has 0 aromatic heterocycles. The molecule has 0 saturated carbocycles. The third-order valence-corrected chi connectivity index (χ3v) is 5.66. The predicted octanol–water partition coefficient (Wildman–Crippen LogP) is 5.49. The highest BCUT2D eigenvalue weighted by Gasteiger charge is 2.41. The van der Waals surface area contributed by atoms with Gasteiger partial charge in [-0.2, -0.15) is 0 Å². The molecule has 0 radical (unpaired) electrons. The van der Waals surface area contributed by atoms with E-state index in [1.165, 1.54) is 21.9 Å². The third kappa shape index (κ3) is 2.47. The van der Waals surface area contributed by atoms with Crippen LogP contribution in [0.4, 0.5) is 0 Å². The molecule has 2 aromatic rings. The summed E-state index contributed by atoms with van der Waals surface area (Å²) in [5, 5.41) is 2.56. The molecule has 1 aliphatic rings. The van der Waals surface area contributed by atoms with Crippen molar-refractivity contribution >= 4 is 22.4 Å². The highest BCUT2D eigenvalue weighted by Crippen LogP contribution is 2.45. The highest BCUT2D eigenvalue weighted by molar-refractivity contribution is 6.22. The Kier molecular flexibility index (Phi) is 3.98. The van der Waals surface area contributed by atoms with Crippen LogP contribution in [0.1, 0.15) is 37.3 Å². The second-order valence-corrected chi connectivity index (χ2v) is 6.87. The Bertz CT molecular complexity index is 651. The van der Waals surface area contributed by atoms with Gasteiger partial charge < -0.3 is 4.74 Å². The Labute approximate surface area is 132 Å². The van der Waals surface area contributed by atoms with Gasteiger partial charge in [0.2, 0.25) is 0 Å². The van der Waals surface area contributed by atoms with E-state index in [9.17, 15) is 0 Å². The molecule has 1 nitrogen and oxygen atoms in total. The van der Waals surface area contributed by atoms with Crippen LogP contribution in [0.3, 0.4) is 0 Å². The van der Waals surface area contributed by atoms with E-state index in [1.807, 2.05) is 0 Å². The second-order valence-electron chi connectivity index (χ2n) is 6.40. The summed E-state index contributed by atoms with van der Waals surface area (Å²) < 4.78 is 5.98. The van der Waals surface area contributed by atoms with E-state index in [2.05, 4.69) is 64.1 Å². The zero-order chi connectivity index (χ0) is 15.1. The number of aryl methyl sites for hydroxylation is 1. The molecule has 0 bridgehead atoms. The molecule has 1 aliphatic heterocycles. The average molecular weight is 303 g/mol. The quantitative estimate of drug-likeness (QED) is 0.667. The molecule has 1 fully saturated rings. The van der Waals surface area contributed by atoms with Gasteiger partial charge in [0.15, 0.2) is 0 Å². The maximum atomic E-state index is 6.92. The molecule has 0 spiro atoms. The van der Waals surface area contributed by atoms with Crippen LogP contribution in [0.25, 0.3) is 10.8 Å². The van der Waals surface area contributed by atoms with E-state index >= 15 is 0 Å². The van der Waals surface area contributed by atoms with Gasteiger partial charge in [-0.15, -0.1) is 11.6 Å². The Morgan fingerprint density at radius 2 is 1.62 bits per heavy atom. The molecule has 3 rings (SSSR count). The first-order valence-electron chi connectivity index (χ1n) is 7.78. The van der Waals surface area contributed by atoms with E-state index in [-0.39, 0.29) is 17.6 Å². The van der Waals surface area contributed by atoms with E-state index in [1.54, 1.807) is 0 Å². The van der Waals surface area contributed by atoms with Crippen LogP contribution in [-0.2, 0) is 4.74 Å². The number of hydrogen-bond donors (Lipinski definition) is 0. The van der Waals surface area contributed by atoms with Crippen molar-refractivity contribution < 1.29 is 4.74 Å². The van der Waals surface area contributed by atoms with Gasteiger partial charge in [-0.25, -0.2) is 0 Å². The van der Waals surface area contributed by atoms with E-state index in [0.717, 1.165) is 0 Å². The Morgan fingerprint density at radius 1 is 0.952 bits per heavy atom. The minimum atomic E-state index is -0.00884. The fourth-order valence-electron chi connectivity index (χ4n) is 3.72. The van der Waals surface area contributed by atoms with E-state index < -0.39 is 0 Å². The van der Waals surface area contributed by atoms with Crippen LogP contribution in [0.2, 0.25) is 0 Å². The maximum absolute atomic E-state index is 6.92. The van der Waals surface area contributed by atoms with Crippen LogP contribution in [0, 0.1) is 18.8 Å². The number of ether oxygens (including phenoxy) is 1. The van der Waals surface area contributed by atoms with Crippen LogP contribution >= 0.6 is 11.6 Å². The molecule has 112 valence electrons. The highest BCUT2D eigenvalue weighted by atomic mass is 35.5. The van der Waals surface area contributed by atoms with Gasteiger partial charge in [-0.3, -0.25) is 0 Å². The molecule has 2 aromatic carbocycles. The van der Waals surface area contributed by atoms with Gasteiger partial charge >= 0.3 is 0 Å². The fourth-order valence-corrected chi connectivity index (χ4v) is 4.34. The van der Waals surface area contributed by atoms with Crippen molar-refractivity contribution in [3.63, 3.8) is 0 Å². The van der Waals surface area contributed by atoms with Gasteiger partial charge in [0.05, 0.1) is 17.6 Å². The largest absolute Gasteiger partial charge is 0.375 e. The molecule has 5 unspecified atom stereocenters. The lowest BCUT2D eigenvalue weighted by atomic mass is 9.82. The fraction of sp³-hybridized carbons (Fsp3) is 0.474. The van der Waals surface area contributed by atoms with Crippen molar-refractivity contribution in [3.05, 3.63) is 47.5 Å². The summed E-state index contributed by atoms with van der Waals surface area (Å²) in [6, 6.07) is 12.9. The summed E-state index contributed by atoms with van der Waals surface area (Å²) in [7, 11) is 0. The number of benzene rings is 2. The van der Waals surface area contributed by atoms with E-state index in [0.29, 0.717) is 11.8 Å². The van der Waals surface area contributed by atoms with Gasteiger partial charge in [0.25, 0.3) is 0 Å². The van der Waals surface area contributed by atoms with Crippen molar-refractivity contribution in [2.24, 2.45) is 11.8 Å². The summed E-state index contributed by atoms with van der Waals surface area (Å²) in [5.41, 5.74) is 2.54.